The Hall–Kier alpha value is -2.68. The highest BCUT2D eigenvalue weighted by molar-refractivity contribution is 7.92. The molecule has 140 valence electrons. The standard InChI is InChI=1S/C17H18F2N2O4S/c1-25-16-6-4-3-5-14(16)20-17(22)9-10-21(26(2,23)24)15-8-7-12(18)11-13(15)19/h3-8,11H,9-10H2,1-2H3,(H,20,22). The summed E-state index contributed by atoms with van der Waals surface area (Å²) in [7, 11) is -2.42. The van der Waals surface area contributed by atoms with Crippen LogP contribution < -0.4 is 14.4 Å². The molecule has 2 aromatic rings. The number of nitrogens with one attached hydrogen (secondary N) is 1. The molecule has 0 atom stereocenters. The molecule has 2 aromatic carbocycles. The van der Waals surface area contributed by atoms with Crippen LogP contribution in [0.4, 0.5) is 20.2 Å². The van der Waals surface area contributed by atoms with Crippen molar-refractivity contribution in [1.29, 1.82) is 0 Å². The van der Waals surface area contributed by atoms with Gasteiger partial charge in [-0.2, -0.15) is 0 Å². The fraction of sp³-hybridized carbons (Fsp3) is 0.235. The number of methoxy groups -OCH3 is 1. The number of benzene rings is 2. The second kappa shape index (κ2) is 8.13. The topological polar surface area (TPSA) is 75.7 Å². The highest BCUT2D eigenvalue weighted by Gasteiger charge is 2.22. The number of halogens is 2. The molecule has 0 aliphatic rings. The molecule has 1 amide bonds. The number of carbonyl (C=O) groups is 1. The predicted octanol–water partition coefficient (Wildman–Crippen LogP) is 2.77. The number of anilines is 2. The molecule has 0 aliphatic carbocycles. The molecule has 0 heterocycles. The predicted molar refractivity (Wildman–Crippen MR) is 94.8 cm³/mol. The van der Waals surface area contributed by atoms with E-state index >= 15 is 0 Å². The van der Waals surface area contributed by atoms with E-state index in [0.717, 1.165) is 22.7 Å². The Kier molecular flexibility index (Phi) is 6.14. The number of sulfonamides is 1. The number of carbonyl (C=O) groups excluding carboxylic acids is 1. The van der Waals surface area contributed by atoms with Gasteiger partial charge in [-0.1, -0.05) is 12.1 Å². The first kappa shape index (κ1) is 19.6. The van der Waals surface area contributed by atoms with Gasteiger partial charge in [0.25, 0.3) is 0 Å². The Morgan fingerprint density at radius 3 is 2.50 bits per heavy atom. The highest BCUT2D eigenvalue weighted by Crippen LogP contribution is 2.25. The third-order valence-corrected chi connectivity index (χ3v) is 4.68. The number of hydrogen-bond acceptors (Lipinski definition) is 4. The lowest BCUT2D eigenvalue weighted by Crippen LogP contribution is -2.33. The smallest absolute Gasteiger partial charge is 0.232 e. The van der Waals surface area contributed by atoms with Crippen LogP contribution in [0.15, 0.2) is 42.5 Å². The summed E-state index contributed by atoms with van der Waals surface area (Å²) in [5, 5.41) is 2.60. The lowest BCUT2D eigenvalue weighted by molar-refractivity contribution is -0.116. The maximum Gasteiger partial charge on any atom is 0.232 e. The van der Waals surface area contributed by atoms with E-state index in [1.54, 1.807) is 24.3 Å². The average Bonchev–Trinajstić information content (AvgIpc) is 2.56. The summed E-state index contributed by atoms with van der Waals surface area (Å²) in [6.07, 6.45) is 0.649. The van der Waals surface area contributed by atoms with E-state index in [2.05, 4.69) is 5.32 Å². The van der Waals surface area contributed by atoms with Crippen molar-refractivity contribution >= 4 is 27.3 Å². The number of amides is 1. The van der Waals surface area contributed by atoms with Crippen molar-refractivity contribution in [2.24, 2.45) is 0 Å². The first-order valence-corrected chi connectivity index (χ1v) is 9.43. The molecular weight excluding hydrogens is 366 g/mol. The lowest BCUT2D eigenvalue weighted by Gasteiger charge is -2.22. The Morgan fingerprint density at radius 1 is 1.19 bits per heavy atom. The molecule has 0 spiro atoms. The number of ether oxygens (including phenoxy) is 1. The van der Waals surface area contributed by atoms with Crippen LogP contribution in [0, 0.1) is 11.6 Å². The van der Waals surface area contributed by atoms with Crippen molar-refractivity contribution in [3.05, 3.63) is 54.1 Å². The van der Waals surface area contributed by atoms with Crippen molar-refractivity contribution in [2.45, 2.75) is 6.42 Å². The van der Waals surface area contributed by atoms with Gasteiger partial charge in [0.15, 0.2) is 0 Å². The van der Waals surface area contributed by atoms with E-state index in [0.29, 0.717) is 17.5 Å². The number of nitrogens with zero attached hydrogens (tertiary/aromatic N) is 1. The van der Waals surface area contributed by atoms with E-state index in [4.69, 9.17) is 4.74 Å². The fourth-order valence-corrected chi connectivity index (χ4v) is 3.24. The molecule has 9 heteroatoms. The molecule has 0 radical (unpaired) electrons. The van der Waals surface area contributed by atoms with E-state index in [1.165, 1.54) is 7.11 Å². The molecule has 2 rings (SSSR count). The van der Waals surface area contributed by atoms with Gasteiger partial charge < -0.3 is 10.1 Å². The van der Waals surface area contributed by atoms with Crippen LogP contribution in [0.25, 0.3) is 0 Å². The van der Waals surface area contributed by atoms with E-state index in [9.17, 15) is 22.0 Å². The Bertz CT molecular complexity index is 903. The summed E-state index contributed by atoms with van der Waals surface area (Å²) < 4.78 is 56.7. The quantitative estimate of drug-likeness (QED) is 0.797. The molecule has 0 fully saturated rings. The van der Waals surface area contributed by atoms with Crippen molar-refractivity contribution < 1.29 is 26.7 Å². The molecule has 0 unspecified atom stereocenters. The zero-order chi connectivity index (χ0) is 19.3. The normalized spacial score (nSPS) is 11.1. The number of para-hydroxylation sites is 2. The molecule has 0 aliphatic heterocycles. The Labute approximate surface area is 150 Å². The molecule has 0 saturated carbocycles. The van der Waals surface area contributed by atoms with Crippen LogP contribution >= 0.6 is 0 Å². The van der Waals surface area contributed by atoms with E-state index < -0.39 is 27.6 Å². The third kappa shape index (κ3) is 4.92. The van der Waals surface area contributed by atoms with Gasteiger partial charge in [-0.25, -0.2) is 17.2 Å². The largest absolute Gasteiger partial charge is 0.495 e. The zero-order valence-corrected chi connectivity index (χ0v) is 15.0. The Balaban J connectivity index is 2.14. The fourth-order valence-electron chi connectivity index (χ4n) is 2.31. The van der Waals surface area contributed by atoms with Crippen LogP contribution in [0.1, 0.15) is 6.42 Å². The minimum atomic E-state index is -3.87. The number of hydrogen-bond donors (Lipinski definition) is 1. The lowest BCUT2D eigenvalue weighted by atomic mass is 10.2. The van der Waals surface area contributed by atoms with Crippen molar-refractivity contribution in [3.8, 4) is 5.75 Å². The van der Waals surface area contributed by atoms with Gasteiger partial charge in [0.2, 0.25) is 15.9 Å². The minimum absolute atomic E-state index is 0.234. The van der Waals surface area contributed by atoms with Gasteiger partial charge in [0.1, 0.15) is 17.4 Å². The average molecular weight is 384 g/mol. The SMILES string of the molecule is COc1ccccc1NC(=O)CCN(c1ccc(F)cc1F)S(C)(=O)=O. The van der Waals surface area contributed by atoms with Crippen molar-refractivity contribution in [2.75, 3.05) is 29.5 Å². The van der Waals surface area contributed by atoms with Crippen molar-refractivity contribution in [1.82, 2.24) is 0 Å². The summed E-state index contributed by atoms with van der Waals surface area (Å²) in [6.45, 7) is -0.303. The van der Waals surface area contributed by atoms with Gasteiger partial charge >= 0.3 is 0 Å². The molecule has 0 aromatic heterocycles. The van der Waals surface area contributed by atoms with E-state index in [-0.39, 0.29) is 18.7 Å². The molecule has 6 nitrogen and oxygen atoms in total. The zero-order valence-electron chi connectivity index (χ0n) is 14.2. The highest BCUT2D eigenvalue weighted by atomic mass is 32.2. The Morgan fingerprint density at radius 2 is 1.88 bits per heavy atom. The molecule has 0 saturated heterocycles. The molecule has 1 N–H and O–H groups in total. The summed E-state index contributed by atoms with van der Waals surface area (Å²) in [5.74, 6) is -1.88. The molecule has 0 bridgehead atoms. The van der Waals surface area contributed by atoms with Gasteiger partial charge in [-0.15, -0.1) is 0 Å². The minimum Gasteiger partial charge on any atom is -0.495 e. The van der Waals surface area contributed by atoms with Crippen LogP contribution in [-0.4, -0.2) is 34.2 Å². The third-order valence-electron chi connectivity index (χ3n) is 3.50. The summed E-state index contributed by atoms with van der Waals surface area (Å²) in [5.41, 5.74) is 0.109. The number of rotatable bonds is 7. The van der Waals surface area contributed by atoms with E-state index in [1.807, 2.05) is 0 Å². The second-order valence-corrected chi connectivity index (χ2v) is 7.34. The summed E-state index contributed by atoms with van der Waals surface area (Å²) >= 11 is 0. The monoisotopic (exact) mass is 384 g/mol. The van der Waals surface area contributed by atoms with Crippen molar-refractivity contribution in [3.63, 3.8) is 0 Å². The molecular formula is C17H18F2N2O4S. The van der Waals surface area contributed by atoms with Crippen LogP contribution in [0.3, 0.4) is 0 Å². The van der Waals surface area contributed by atoms with Crippen LogP contribution in [0.2, 0.25) is 0 Å². The first-order valence-electron chi connectivity index (χ1n) is 7.58. The summed E-state index contributed by atoms with van der Waals surface area (Å²) in [4.78, 5) is 12.1. The maximum absolute atomic E-state index is 13.9. The van der Waals surface area contributed by atoms with Gasteiger partial charge in [0, 0.05) is 19.0 Å². The second-order valence-electron chi connectivity index (χ2n) is 5.43. The molecule has 26 heavy (non-hydrogen) atoms. The summed E-state index contributed by atoms with van der Waals surface area (Å²) in [6, 6.07) is 9.28. The van der Waals surface area contributed by atoms with Gasteiger partial charge in [-0.05, 0) is 24.3 Å². The maximum atomic E-state index is 13.9. The van der Waals surface area contributed by atoms with Crippen LogP contribution in [0.5, 0.6) is 5.75 Å². The van der Waals surface area contributed by atoms with Gasteiger partial charge in [0.05, 0.1) is 24.7 Å². The first-order chi connectivity index (χ1) is 12.2. The van der Waals surface area contributed by atoms with Crippen LogP contribution in [-0.2, 0) is 14.8 Å². The van der Waals surface area contributed by atoms with Gasteiger partial charge in [-0.3, -0.25) is 9.10 Å².